The molecule has 1 aliphatic rings. The van der Waals surface area contributed by atoms with Gasteiger partial charge < -0.3 is 15.0 Å². The Kier molecular flexibility index (Phi) is 3.85. The number of rotatable bonds is 3. The van der Waals surface area contributed by atoms with Crippen molar-refractivity contribution in [3.63, 3.8) is 0 Å². The summed E-state index contributed by atoms with van der Waals surface area (Å²) in [5.74, 6) is 1.06. The van der Waals surface area contributed by atoms with Crippen LogP contribution in [0.2, 0.25) is 0 Å². The van der Waals surface area contributed by atoms with E-state index >= 15 is 0 Å². The second kappa shape index (κ2) is 5.77. The summed E-state index contributed by atoms with van der Waals surface area (Å²) in [6.45, 7) is 5.50. The van der Waals surface area contributed by atoms with Gasteiger partial charge in [0.25, 0.3) is 0 Å². The van der Waals surface area contributed by atoms with Crippen molar-refractivity contribution in [2.75, 3.05) is 31.7 Å². The number of morpholine rings is 1. The van der Waals surface area contributed by atoms with Crippen LogP contribution in [-0.2, 0) is 11.3 Å². The van der Waals surface area contributed by atoms with Crippen molar-refractivity contribution in [3.8, 4) is 0 Å². The Morgan fingerprint density at radius 3 is 3.05 bits per heavy atom. The highest BCUT2D eigenvalue weighted by Gasteiger charge is 2.21. The van der Waals surface area contributed by atoms with E-state index in [-0.39, 0.29) is 0 Å². The molecule has 0 spiro atoms. The first-order valence-corrected chi connectivity index (χ1v) is 7.17. The van der Waals surface area contributed by atoms with E-state index in [0.29, 0.717) is 6.04 Å². The molecule has 20 heavy (non-hydrogen) atoms. The zero-order valence-electron chi connectivity index (χ0n) is 12.1. The summed E-state index contributed by atoms with van der Waals surface area (Å²) in [6, 6.07) is 10.9. The van der Waals surface area contributed by atoms with Crippen molar-refractivity contribution in [2.45, 2.75) is 19.5 Å². The molecule has 1 atom stereocenters. The van der Waals surface area contributed by atoms with Crippen LogP contribution in [0.3, 0.4) is 0 Å². The lowest BCUT2D eigenvalue weighted by atomic mass is 10.1. The summed E-state index contributed by atoms with van der Waals surface area (Å²) in [5.41, 5.74) is 2.36. The number of anilines is 1. The lowest BCUT2D eigenvalue weighted by Crippen LogP contribution is -2.44. The van der Waals surface area contributed by atoms with Gasteiger partial charge in [-0.2, -0.15) is 0 Å². The zero-order valence-corrected chi connectivity index (χ0v) is 12.1. The fraction of sp³-hybridized carbons (Fsp3) is 0.438. The van der Waals surface area contributed by atoms with Crippen LogP contribution in [0.5, 0.6) is 0 Å². The number of hydrogen-bond donors (Lipinski definition) is 1. The van der Waals surface area contributed by atoms with Gasteiger partial charge in [-0.1, -0.05) is 18.2 Å². The number of ether oxygens (including phenoxy) is 1. The van der Waals surface area contributed by atoms with Gasteiger partial charge in [0.1, 0.15) is 5.82 Å². The van der Waals surface area contributed by atoms with Gasteiger partial charge in [0.2, 0.25) is 0 Å². The molecule has 1 unspecified atom stereocenters. The fourth-order valence-corrected chi connectivity index (χ4v) is 2.78. The minimum absolute atomic E-state index is 0.375. The molecule has 1 N–H and O–H groups in total. The predicted octanol–water partition coefficient (Wildman–Crippen LogP) is 2.18. The molecule has 1 fully saturated rings. The van der Waals surface area contributed by atoms with Gasteiger partial charge in [0.05, 0.1) is 24.8 Å². The second-order valence-corrected chi connectivity index (χ2v) is 5.30. The average Bonchev–Trinajstić information content (AvgIpc) is 2.48. The molecule has 2 aromatic rings. The van der Waals surface area contributed by atoms with Gasteiger partial charge in [0, 0.05) is 18.5 Å². The number of hydrogen-bond acceptors (Lipinski definition) is 4. The number of aromatic nitrogens is 1. The molecule has 106 valence electrons. The number of para-hydroxylation sites is 1. The fourth-order valence-electron chi connectivity index (χ4n) is 2.78. The topological polar surface area (TPSA) is 37.4 Å². The number of nitrogens with zero attached hydrogens (tertiary/aromatic N) is 2. The van der Waals surface area contributed by atoms with Crippen molar-refractivity contribution < 1.29 is 4.74 Å². The molecule has 4 heteroatoms. The van der Waals surface area contributed by atoms with E-state index in [1.807, 2.05) is 13.1 Å². The SMILES string of the molecule is CNCc1cc(N2CCOCC2C)nc2ccccc12. The summed E-state index contributed by atoms with van der Waals surface area (Å²) in [6.07, 6.45) is 0. The largest absolute Gasteiger partial charge is 0.377 e. The zero-order chi connectivity index (χ0) is 13.9. The van der Waals surface area contributed by atoms with Gasteiger partial charge >= 0.3 is 0 Å². The summed E-state index contributed by atoms with van der Waals surface area (Å²) in [5, 5.41) is 4.47. The molecule has 2 heterocycles. The summed E-state index contributed by atoms with van der Waals surface area (Å²) in [7, 11) is 1.98. The maximum Gasteiger partial charge on any atom is 0.129 e. The monoisotopic (exact) mass is 271 g/mol. The molecule has 1 saturated heterocycles. The highest BCUT2D eigenvalue weighted by Crippen LogP contribution is 2.25. The number of benzene rings is 1. The maximum absolute atomic E-state index is 5.52. The minimum Gasteiger partial charge on any atom is -0.377 e. The molecule has 0 aliphatic carbocycles. The molecule has 1 aromatic carbocycles. The summed E-state index contributed by atoms with van der Waals surface area (Å²) < 4.78 is 5.52. The van der Waals surface area contributed by atoms with Crippen molar-refractivity contribution in [1.82, 2.24) is 10.3 Å². The van der Waals surface area contributed by atoms with Crippen molar-refractivity contribution in [2.24, 2.45) is 0 Å². The molecule has 4 nitrogen and oxygen atoms in total. The van der Waals surface area contributed by atoms with E-state index in [0.717, 1.165) is 37.6 Å². The van der Waals surface area contributed by atoms with E-state index in [4.69, 9.17) is 9.72 Å². The first-order chi connectivity index (χ1) is 9.79. The number of fused-ring (bicyclic) bond motifs is 1. The van der Waals surface area contributed by atoms with Crippen LogP contribution >= 0.6 is 0 Å². The van der Waals surface area contributed by atoms with Crippen LogP contribution in [-0.4, -0.2) is 37.8 Å². The highest BCUT2D eigenvalue weighted by molar-refractivity contribution is 5.84. The maximum atomic E-state index is 5.52. The summed E-state index contributed by atoms with van der Waals surface area (Å²) >= 11 is 0. The Morgan fingerprint density at radius 2 is 2.25 bits per heavy atom. The van der Waals surface area contributed by atoms with E-state index in [1.165, 1.54) is 10.9 Å². The van der Waals surface area contributed by atoms with Gasteiger partial charge in [-0.05, 0) is 31.7 Å². The van der Waals surface area contributed by atoms with Crippen molar-refractivity contribution in [3.05, 3.63) is 35.9 Å². The van der Waals surface area contributed by atoms with Crippen molar-refractivity contribution in [1.29, 1.82) is 0 Å². The quantitative estimate of drug-likeness (QED) is 0.928. The van der Waals surface area contributed by atoms with Gasteiger partial charge in [-0.3, -0.25) is 0 Å². The van der Waals surface area contributed by atoms with Gasteiger partial charge in [-0.15, -0.1) is 0 Å². The van der Waals surface area contributed by atoms with Crippen LogP contribution in [0.4, 0.5) is 5.82 Å². The molecule has 3 rings (SSSR count). The minimum atomic E-state index is 0.375. The van der Waals surface area contributed by atoms with E-state index in [2.05, 4.69) is 41.4 Å². The molecule has 0 radical (unpaired) electrons. The van der Waals surface area contributed by atoms with E-state index in [9.17, 15) is 0 Å². The van der Waals surface area contributed by atoms with E-state index in [1.54, 1.807) is 0 Å². The molecule has 1 aromatic heterocycles. The Bertz CT molecular complexity index is 599. The first-order valence-electron chi connectivity index (χ1n) is 7.17. The molecular weight excluding hydrogens is 250 g/mol. The second-order valence-electron chi connectivity index (χ2n) is 5.30. The third-order valence-electron chi connectivity index (χ3n) is 3.82. The Morgan fingerprint density at radius 1 is 1.40 bits per heavy atom. The summed E-state index contributed by atoms with van der Waals surface area (Å²) in [4.78, 5) is 7.18. The van der Waals surface area contributed by atoms with Gasteiger partial charge in [-0.25, -0.2) is 4.98 Å². The predicted molar refractivity (Wildman–Crippen MR) is 82.1 cm³/mol. The Hall–Kier alpha value is -1.65. The van der Waals surface area contributed by atoms with Crippen LogP contribution in [0.15, 0.2) is 30.3 Å². The molecule has 0 saturated carbocycles. The molecule has 0 amide bonds. The van der Waals surface area contributed by atoms with Crippen LogP contribution in [0.1, 0.15) is 12.5 Å². The smallest absolute Gasteiger partial charge is 0.129 e. The lowest BCUT2D eigenvalue weighted by molar-refractivity contribution is 0.0985. The lowest BCUT2D eigenvalue weighted by Gasteiger charge is -2.34. The Balaban J connectivity index is 2.06. The van der Waals surface area contributed by atoms with E-state index < -0.39 is 0 Å². The number of pyridine rings is 1. The van der Waals surface area contributed by atoms with Crippen LogP contribution in [0, 0.1) is 0 Å². The van der Waals surface area contributed by atoms with Gasteiger partial charge in [0.15, 0.2) is 0 Å². The normalized spacial score (nSPS) is 19.5. The standard InChI is InChI=1S/C16H21N3O/c1-12-11-20-8-7-19(12)16-9-13(10-17-2)14-5-3-4-6-15(14)18-16/h3-6,9,12,17H,7-8,10-11H2,1-2H3. The number of nitrogens with one attached hydrogen (secondary N) is 1. The average molecular weight is 271 g/mol. The third kappa shape index (κ3) is 2.49. The Labute approximate surface area is 119 Å². The van der Waals surface area contributed by atoms with Crippen LogP contribution in [0.25, 0.3) is 10.9 Å². The first kappa shape index (κ1) is 13.3. The molecule has 0 bridgehead atoms. The molecular formula is C16H21N3O. The van der Waals surface area contributed by atoms with Crippen LogP contribution < -0.4 is 10.2 Å². The highest BCUT2D eigenvalue weighted by atomic mass is 16.5. The van der Waals surface area contributed by atoms with Crippen molar-refractivity contribution >= 4 is 16.7 Å². The molecule has 1 aliphatic heterocycles. The third-order valence-corrected chi connectivity index (χ3v) is 3.82.